The van der Waals surface area contributed by atoms with Gasteiger partial charge in [-0.25, -0.2) is 13.4 Å². The van der Waals surface area contributed by atoms with Gasteiger partial charge in [0.25, 0.3) is 5.91 Å². The zero-order chi connectivity index (χ0) is 18.6. The quantitative estimate of drug-likeness (QED) is 0.778. The Kier molecular flexibility index (Phi) is 5.88. The summed E-state index contributed by atoms with van der Waals surface area (Å²) in [6.45, 7) is 0. The van der Waals surface area contributed by atoms with Gasteiger partial charge in [0, 0.05) is 23.4 Å². The fourth-order valence-corrected chi connectivity index (χ4v) is 4.33. The Balaban J connectivity index is 1.91. The molecule has 138 valence electrons. The number of rotatable bonds is 5. The van der Waals surface area contributed by atoms with Gasteiger partial charge < -0.3 is 0 Å². The number of carbonyl (C=O) groups is 1. The number of amides is 1. The third-order valence-corrected chi connectivity index (χ3v) is 6.36. The van der Waals surface area contributed by atoms with Crippen molar-refractivity contribution in [2.75, 3.05) is 11.6 Å². The third kappa shape index (κ3) is 4.80. The van der Waals surface area contributed by atoms with E-state index in [2.05, 4.69) is 10.3 Å². The van der Waals surface area contributed by atoms with E-state index in [-0.39, 0.29) is 10.8 Å². The Morgan fingerprint density at radius 3 is 2.46 bits per heavy atom. The summed E-state index contributed by atoms with van der Waals surface area (Å²) in [5.41, 5.74) is 1.30. The molecule has 1 amide bonds. The van der Waals surface area contributed by atoms with Crippen LogP contribution in [0.15, 0.2) is 46.8 Å². The van der Waals surface area contributed by atoms with Crippen molar-refractivity contribution in [1.82, 2.24) is 4.98 Å². The van der Waals surface area contributed by atoms with Crippen molar-refractivity contribution in [2.24, 2.45) is 5.92 Å². The van der Waals surface area contributed by atoms with Crippen LogP contribution in [0.1, 0.15) is 37.7 Å². The van der Waals surface area contributed by atoms with Gasteiger partial charge in [-0.1, -0.05) is 37.5 Å². The lowest BCUT2D eigenvalue weighted by molar-refractivity contribution is -0.111. The van der Waals surface area contributed by atoms with E-state index in [1.807, 2.05) is 6.08 Å². The first-order valence-corrected chi connectivity index (χ1v) is 11.4. The minimum absolute atomic E-state index is 0.211. The van der Waals surface area contributed by atoms with E-state index in [4.69, 9.17) is 0 Å². The highest BCUT2D eigenvalue weighted by atomic mass is 32.2. The van der Waals surface area contributed by atoms with Crippen molar-refractivity contribution in [1.29, 1.82) is 0 Å². The molecule has 1 aliphatic carbocycles. The van der Waals surface area contributed by atoms with E-state index < -0.39 is 9.84 Å². The lowest BCUT2D eigenvalue weighted by Crippen LogP contribution is -2.15. The third-order valence-electron chi connectivity index (χ3n) is 4.54. The molecule has 1 aromatic carbocycles. The molecule has 0 atom stereocenters. The number of aromatic nitrogens is 1. The number of hydrogen-bond acceptors (Lipinski definition) is 5. The van der Waals surface area contributed by atoms with E-state index in [0.29, 0.717) is 16.6 Å². The second kappa shape index (κ2) is 8.14. The van der Waals surface area contributed by atoms with Gasteiger partial charge >= 0.3 is 0 Å². The molecule has 0 spiro atoms. The molecule has 0 unspecified atom stereocenters. The fraction of sp³-hybridized carbons (Fsp3) is 0.368. The van der Waals surface area contributed by atoms with E-state index >= 15 is 0 Å². The normalized spacial score (nSPS) is 16.4. The first-order valence-electron chi connectivity index (χ1n) is 8.66. The van der Waals surface area contributed by atoms with Crippen molar-refractivity contribution >= 4 is 37.8 Å². The topological polar surface area (TPSA) is 76.1 Å². The second-order valence-corrected chi connectivity index (χ2v) is 9.48. The summed E-state index contributed by atoms with van der Waals surface area (Å²) < 4.78 is 23.4. The molecule has 7 heteroatoms. The van der Waals surface area contributed by atoms with Crippen LogP contribution in [-0.4, -0.2) is 25.6 Å². The van der Waals surface area contributed by atoms with Crippen molar-refractivity contribution in [2.45, 2.75) is 37.0 Å². The van der Waals surface area contributed by atoms with Crippen molar-refractivity contribution < 1.29 is 13.2 Å². The van der Waals surface area contributed by atoms with Gasteiger partial charge in [-0.2, -0.15) is 0 Å². The fourth-order valence-electron chi connectivity index (χ4n) is 3.17. The molecule has 1 saturated carbocycles. The molecule has 1 fully saturated rings. The Morgan fingerprint density at radius 2 is 1.88 bits per heavy atom. The minimum Gasteiger partial charge on any atom is -0.298 e. The zero-order valence-electron chi connectivity index (χ0n) is 14.6. The van der Waals surface area contributed by atoms with Crippen LogP contribution >= 0.6 is 11.3 Å². The van der Waals surface area contributed by atoms with Gasteiger partial charge in [-0.3, -0.25) is 10.1 Å². The largest absolute Gasteiger partial charge is 0.298 e. The van der Waals surface area contributed by atoms with Crippen LogP contribution in [0.5, 0.6) is 0 Å². The van der Waals surface area contributed by atoms with Crippen LogP contribution in [0, 0.1) is 5.92 Å². The number of thiazole rings is 1. The van der Waals surface area contributed by atoms with Crippen molar-refractivity contribution in [3.63, 3.8) is 0 Å². The Labute approximate surface area is 158 Å². The van der Waals surface area contributed by atoms with E-state index in [1.165, 1.54) is 36.9 Å². The zero-order valence-corrected chi connectivity index (χ0v) is 16.3. The predicted octanol–water partition coefficient (Wildman–Crippen LogP) is 4.15. The van der Waals surface area contributed by atoms with Crippen LogP contribution < -0.4 is 5.32 Å². The lowest BCUT2D eigenvalue weighted by atomic mass is 9.86. The number of sulfone groups is 1. The summed E-state index contributed by atoms with van der Waals surface area (Å²) in [5, 5.41) is 5.20. The molecular formula is C19H22N2O3S2. The molecule has 0 radical (unpaired) electrons. The molecule has 1 N–H and O–H groups in total. The first-order chi connectivity index (χ1) is 12.4. The highest BCUT2D eigenvalue weighted by Crippen LogP contribution is 2.29. The lowest BCUT2D eigenvalue weighted by Gasteiger charge is -2.20. The smallest absolute Gasteiger partial charge is 0.257 e. The molecule has 5 nitrogen and oxygen atoms in total. The van der Waals surface area contributed by atoms with E-state index in [1.54, 1.807) is 35.8 Å². The molecule has 0 saturated heterocycles. The maximum absolute atomic E-state index is 12.8. The summed E-state index contributed by atoms with van der Waals surface area (Å²) in [4.78, 5) is 17.2. The number of carbonyl (C=O) groups excluding carboxylic acids is 1. The number of hydrogen-bond donors (Lipinski definition) is 1. The van der Waals surface area contributed by atoms with Crippen molar-refractivity contribution in [3.05, 3.63) is 47.5 Å². The molecule has 26 heavy (non-hydrogen) atoms. The van der Waals surface area contributed by atoms with Crippen molar-refractivity contribution in [3.8, 4) is 0 Å². The van der Waals surface area contributed by atoms with Gasteiger partial charge in [-0.15, -0.1) is 11.3 Å². The van der Waals surface area contributed by atoms with Gasteiger partial charge in [0.05, 0.1) is 4.90 Å². The number of benzene rings is 1. The van der Waals surface area contributed by atoms with E-state index in [0.717, 1.165) is 18.4 Å². The summed E-state index contributed by atoms with van der Waals surface area (Å²) >= 11 is 1.37. The molecule has 3 rings (SSSR count). The number of nitrogens with zero attached hydrogens (tertiary/aromatic N) is 1. The second-order valence-electron chi connectivity index (χ2n) is 6.57. The first kappa shape index (κ1) is 18.8. The van der Waals surface area contributed by atoms with Gasteiger partial charge in [0.15, 0.2) is 15.0 Å². The van der Waals surface area contributed by atoms with Crippen LogP contribution in [0.4, 0.5) is 5.13 Å². The molecule has 1 heterocycles. The number of anilines is 1. The number of nitrogens with one attached hydrogen (secondary N) is 1. The SMILES string of the molecule is CS(=O)(=O)c1ccc(C(=CC2CCCCC2)C(=O)Nc2nccs2)cc1. The molecule has 1 aromatic heterocycles. The Hall–Kier alpha value is -1.99. The predicted molar refractivity (Wildman–Crippen MR) is 105 cm³/mol. The van der Waals surface area contributed by atoms with Gasteiger partial charge in [0.1, 0.15) is 0 Å². The highest BCUT2D eigenvalue weighted by Gasteiger charge is 2.19. The van der Waals surface area contributed by atoms with E-state index in [9.17, 15) is 13.2 Å². The molecule has 2 aromatic rings. The monoisotopic (exact) mass is 390 g/mol. The minimum atomic E-state index is -3.26. The number of allylic oxidation sites excluding steroid dienone is 1. The van der Waals surface area contributed by atoms with Crippen LogP contribution in [0.3, 0.4) is 0 Å². The molecule has 0 aliphatic heterocycles. The Morgan fingerprint density at radius 1 is 1.19 bits per heavy atom. The van der Waals surface area contributed by atoms with Crippen LogP contribution in [0.2, 0.25) is 0 Å². The van der Waals surface area contributed by atoms with Gasteiger partial charge in [0.2, 0.25) is 0 Å². The average Bonchev–Trinajstić information content (AvgIpc) is 3.13. The highest BCUT2D eigenvalue weighted by molar-refractivity contribution is 7.90. The maximum atomic E-state index is 12.8. The molecule has 1 aliphatic rings. The summed E-state index contributed by atoms with van der Waals surface area (Å²) in [7, 11) is -3.26. The summed E-state index contributed by atoms with van der Waals surface area (Å²) in [5.74, 6) is 0.160. The summed E-state index contributed by atoms with van der Waals surface area (Å²) in [6, 6.07) is 6.51. The average molecular weight is 391 g/mol. The maximum Gasteiger partial charge on any atom is 0.257 e. The Bertz CT molecular complexity index is 879. The molecular weight excluding hydrogens is 368 g/mol. The standard InChI is InChI=1S/C19H22N2O3S2/c1-26(23,24)16-9-7-15(8-10-16)17(13-14-5-3-2-4-6-14)18(22)21-19-20-11-12-25-19/h7-14H,2-6H2,1H3,(H,20,21,22). The van der Waals surface area contributed by atoms with Gasteiger partial charge in [-0.05, 0) is 36.5 Å². The van der Waals surface area contributed by atoms with Crippen LogP contribution in [0.25, 0.3) is 5.57 Å². The van der Waals surface area contributed by atoms with Crippen LogP contribution in [-0.2, 0) is 14.6 Å². The molecule has 0 bridgehead atoms. The summed E-state index contributed by atoms with van der Waals surface area (Å²) in [6.07, 6.45) is 10.6.